The van der Waals surface area contributed by atoms with Gasteiger partial charge in [0.15, 0.2) is 0 Å². The second kappa shape index (κ2) is 4.85. The van der Waals surface area contributed by atoms with Gasteiger partial charge in [-0.2, -0.15) is 11.8 Å². The van der Waals surface area contributed by atoms with Gasteiger partial charge in [-0.05, 0) is 17.9 Å². The smallest absolute Gasteiger partial charge is 0.292 e. The topological polar surface area (TPSA) is 55.2 Å². The van der Waals surface area contributed by atoms with E-state index >= 15 is 0 Å². The molecular weight excluding hydrogens is 200 g/mol. The van der Waals surface area contributed by atoms with E-state index in [1.165, 1.54) is 6.07 Å². The fourth-order valence-corrected chi connectivity index (χ4v) is 1.71. The van der Waals surface area contributed by atoms with E-state index in [-0.39, 0.29) is 10.6 Å². The van der Waals surface area contributed by atoms with Crippen molar-refractivity contribution in [1.29, 1.82) is 0 Å². The molecule has 1 aromatic rings. The second-order valence-corrected chi connectivity index (χ2v) is 3.66. The van der Waals surface area contributed by atoms with Gasteiger partial charge in [-0.1, -0.05) is 6.07 Å². The van der Waals surface area contributed by atoms with Crippen LogP contribution >= 0.6 is 11.8 Å². The van der Waals surface area contributed by atoms with Crippen molar-refractivity contribution in [3.05, 3.63) is 33.9 Å². The first-order valence-corrected chi connectivity index (χ1v) is 5.52. The predicted octanol–water partition coefficient (Wildman–Crippen LogP) is 2.50. The maximum absolute atomic E-state index is 10.6. The number of benzene rings is 1. The number of hydrogen-bond donors (Lipinski definition) is 1. The van der Waals surface area contributed by atoms with Crippen LogP contribution < -0.4 is 5.32 Å². The molecule has 0 amide bonds. The lowest BCUT2D eigenvalue weighted by atomic mass is 10.2. The summed E-state index contributed by atoms with van der Waals surface area (Å²) in [6, 6.07) is 5.14. The van der Waals surface area contributed by atoms with Crippen molar-refractivity contribution >= 4 is 23.1 Å². The van der Waals surface area contributed by atoms with Crippen LogP contribution in [0.25, 0.3) is 0 Å². The quantitative estimate of drug-likeness (QED) is 0.615. The molecule has 0 aliphatic rings. The lowest BCUT2D eigenvalue weighted by molar-refractivity contribution is -0.383. The molecule has 0 aliphatic carbocycles. The Balaban J connectivity index is 3.05. The maximum Gasteiger partial charge on any atom is 0.292 e. The fourth-order valence-electron chi connectivity index (χ4n) is 1.20. The highest BCUT2D eigenvalue weighted by molar-refractivity contribution is 7.97. The van der Waals surface area contributed by atoms with Gasteiger partial charge >= 0.3 is 0 Å². The standard InChI is InChI=1S/C9H12N2O2S/c1-10-8-5-7(6-14-2)3-4-9(8)11(12)13/h3-5,10H,6H2,1-2H3. The zero-order chi connectivity index (χ0) is 10.6. The summed E-state index contributed by atoms with van der Waals surface area (Å²) in [5.74, 6) is 0.868. The molecule has 0 radical (unpaired) electrons. The van der Waals surface area contributed by atoms with Crippen LogP contribution in [0.3, 0.4) is 0 Å². The van der Waals surface area contributed by atoms with Crippen LogP contribution in [-0.4, -0.2) is 18.2 Å². The van der Waals surface area contributed by atoms with Crippen molar-refractivity contribution in [1.82, 2.24) is 0 Å². The van der Waals surface area contributed by atoms with Gasteiger partial charge in [0, 0.05) is 18.9 Å². The monoisotopic (exact) mass is 212 g/mol. The van der Waals surface area contributed by atoms with E-state index < -0.39 is 0 Å². The molecule has 76 valence electrons. The lowest BCUT2D eigenvalue weighted by Gasteiger charge is -2.04. The number of nitrogens with one attached hydrogen (secondary N) is 1. The number of hydrogen-bond acceptors (Lipinski definition) is 4. The van der Waals surface area contributed by atoms with Crippen molar-refractivity contribution < 1.29 is 4.92 Å². The van der Waals surface area contributed by atoms with Gasteiger partial charge in [-0.3, -0.25) is 10.1 Å². The SMILES string of the molecule is CNc1cc(CSC)ccc1[N+](=O)[O-]. The van der Waals surface area contributed by atoms with E-state index in [0.29, 0.717) is 5.69 Å². The minimum Gasteiger partial charge on any atom is -0.383 e. The van der Waals surface area contributed by atoms with E-state index in [2.05, 4.69) is 5.32 Å². The maximum atomic E-state index is 10.6. The molecule has 0 spiro atoms. The number of anilines is 1. The Hall–Kier alpha value is -1.23. The minimum atomic E-state index is -0.380. The number of nitro groups is 1. The van der Waals surface area contributed by atoms with Crippen LogP contribution in [0.1, 0.15) is 5.56 Å². The number of thioether (sulfide) groups is 1. The summed E-state index contributed by atoms with van der Waals surface area (Å²) >= 11 is 1.69. The van der Waals surface area contributed by atoms with Gasteiger partial charge in [-0.25, -0.2) is 0 Å². The Morgan fingerprint density at radius 2 is 2.29 bits per heavy atom. The van der Waals surface area contributed by atoms with E-state index in [1.807, 2.05) is 12.3 Å². The number of nitro benzene ring substituents is 1. The van der Waals surface area contributed by atoms with Crippen molar-refractivity contribution in [3.63, 3.8) is 0 Å². The molecule has 0 atom stereocenters. The highest BCUT2D eigenvalue weighted by atomic mass is 32.2. The average Bonchev–Trinajstić information content (AvgIpc) is 2.17. The third-order valence-corrected chi connectivity index (χ3v) is 2.46. The molecule has 0 aliphatic heterocycles. The normalized spacial score (nSPS) is 9.86. The summed E-state index contributed by atoms with van der Waals surface area (Å²) in [6.45, 7) is 0. The zero-order valence-electron chi connectivity index (χ0n) is 8.11. The molecule has 5 heteroatoms. The van der Waals surface area contributed by atoms with E-state index in [0.717, 1.165) is 11.3 Å². The van der Waals surface area contributed by atoms with Gasteiger partial charge in [0.05, 0.1) is 4.92 Å². The molecule has 1 rings (SSSR count). The molecule has 0 saturated heterocycles. The van der Waals surface area contributed by atoms with E-state index in [1.54, 1.807) is 24.9 Å². The molecule has 14 heavy (non-hydrogen) atoms. The summed E-state index contributed by atoms with van der Waals surface area (Å²) < 4.78 is 0. The molecule has 1 aromatic carbocycles. The number of rotatable bonds is 4. The van der Waals surface area contributed by atoms with Gasteiger partial charge in [0.2, 0.25) is 0 Å². The molecule has 0 aromatic heterocycles. The van der Waals surface area contributed by atoms with Crippen LogP contribution in [0.4, 0.5) is 11.4 Å². The van der Waals surface area contributed by atoms with Crippen molar-refractivity contribution in [2.75, 3.05) is 18.6 Å². The van der Waals surface area contributed by atoms with Crippen LogP contribution in [0.15, 0.2) is 18.2 Å². The van der Waals surface area contributed by atoms with Crippen molar-refractivity contribution in [3.8, 4) is 0 Å². The van der Waals surface area contributed by atoms with Crippen LogP contribution in [0.5, 0.6) is 0 Å². The van der Waals surface area contributed by atoms with E-state index in [9.17, 15) is 10.1 Å². The fraction of sp³-hybridized carbons (Fsp3) is 0.333. The first-order valence-electron chi connectivity index (χ1n) is 4.13. The molecular formula is C9H12N2O2S. The third kappa shape index (κ3) is 2.38. The summed E-state index contributed by atoms with van der Waals surface area (Å²) in [5.41, 5.74) is 1.78. The Bertz CT molecular complexity index is 342. The summed E-state index contributed by atoms with van der Waals surface area (Å²) in [5, 5.41) is 13.4. The van der Waals surface area contributed by atoms with Gasteiger partial charge in [-0.15, -0.1) is 0 Å². The van der Waals surface area contributed by atoms with E-state index in [4.69, 9.17) is 0 Å². The van der Waals surface area contributed by atoms with Gasteiger partial charge in [0.1, 0.15) is 5.69 Å². The summed E-state index contributed by atoms with van der Waals surface area (Å²) in [6.07, 6.45) is 2.00. The van der Waals surface area contributed by atoms with Gasteiger partial charge < -0.3 is 5.32 Å². The zero-order valence-corrected chi connectivity index (χ0v) is 8.93. The Labute approximate surface area is 86.9 Å². The Morgan fingerprint density at radius 3 is 2.79 bits per heavy atom. The Kier molecular flexibility index (Phi) is 3.76. The largest absolute Gasteiger partial charge is 0.383 e. The predicted molar refractivity (Wildman–Crippen MR) is 59.9 cm³/mol. The third-order valence-electron chi connectivity index (χ3n) is 1.84. The highest BCUT2D eigenvalue weighted by Crippen LogP contribution is 2.26. The minimum absolute atomic E-state index is 0.123. The lowest BCUT2D eigenvalue weighted by Crippen LogP contribution is -1.97. The Morgan fingerprint density at radius 1 is 1.57 bits per heavy atom. The molecule has 0 heterocycles. The van der Waals surface area contributed by atoms with Gasteiger partial charge in [0.25, 0.3) is 5.69 Å². The first kappa shape index (κ1) is 10.8. The molecule has 0 unspecified atom stereocenters. The van der Waals surface area contributed by atoms with Crippen molar-refractivity contribution in [2.24, 2.45) is 0 Å². The molecule has 4 nitrogen and oxygen atoms in total. The number of nitrogens with zero attached hydrogens (tertiary/aromatic N) is 1. The van der Waals surface area contributed by atoms with Crippen molar-refractivity contribution in [2.45, 2.75) is 5.75 Å². The van der Waals surface area contributed by atoms with Crippen LogP contribution in [-0.2, 0) is 5.75 Å². The van der Waals surface area contributed by atoms with Crippen LogP contribution in [0, 0.1) is 10.1 Å². The summed E-state index contributed by atoms with van der Waals surface area (Å²) in [4.78, 5) is 10.2. The molecule has 1 N–H and O–H groups in total. The highest BCUT2D eigenvalue weighted by Gasteiger charge is 2.12. The second-order valence-electron chi connectivity index (χ2n) is 2.79. The molecule has 0 bridgehead atoms. The van der Waals surface area contributed by atoms with Crippen LogP contribution in [0.2, 0.25) is 0 Å². The first-order chi connectivity index (χ1) is 6.69. The average molecular weight is 212 g/mol. The summed E-state index contributed by atoms with van der Waals surface area (Å²) in [7, 11) is 1.69. The molecule has 0 fully saturated rings. The molecule has 0 saturated carbocycles.